The van der Waals surface area contributed by atoms with E-state index in [2.05, 4.69) is 66.1 Å². The van der Waals surface area contributed by atoms with Crippen LogP contribution in [0.5, 0.6) is 0 Å². The van der Waals surface area contributed by atoms with Gasteiger partial charge in [0.15, 0.2) is 0 Å². The van der Waals surface area contributed by atoms with Crippen LogP contribution in [0.15, 0.2) is 36.0 Å². The molecular formula is C18H22ClN5. The number of hydrogen-bond donors (Lipinski definition) is 0. The molecule has 126 valence electrons. The lowest BCUT2D eigenvalue weighted by atomic mass is 9.88. The van der Waals surface area contributed by atoms with Crippen LogP contribution < -0.4 is 4.90 Å². The van der Waals surface area contributed by atoms with Gasteiger partial charge in [0.2, 0.25) is 0 Å². The Morgan fingerprint density at radius 2 is 1.96 bits per heavy atom. The average Bonchev–Trinajstić information content (AvgIpc) is 3.02. The van der Waals surface area contributed by atoms with Crippen LogP contribution in [0.3, 0.4) is 0 Å². The molecule has 0 unspecified atom stereocenters. The van der Waals surface area contributed by atoms with E-state index < -0.39 is 0 Å². The van der Waals surface area contributed by atoms with E-state index in [4.69, 9.17) is 11.6 Å². The lowest BCUT2D eigenvalue weighted by Crippen LogP contribution is -2.45. The molecule has 0 atom stereocenters. The molecule has 24 heavy (non-hydrogen) atoms. The lowest BCUT2D eigenvalue weighted by Gasteiger charge is -2.43. The highest BCUT2D eigenvalue weighted by Crippen LogP contribution is 2.41. The number of benzene rings is 1. The molecule has 0 bridgehead atoms. The van der Waals surface area contributed by atoms with E-state index in [9.17, 15) is 0 Å². The monoisotopic (exact) mass is 343 g/mol. The molecule has 5 nitrogen and oxygen atoms in total. The predicted molar refractivity (Wildman–Crippen MR) is 99.8 cm³/mol. The molecule has 0 N–H and O–H groups in total. The molecule has 0 amide bonds. The Bertz CT molecular complexity index is 790. The number of fused-ring (bicyclic) bond motifs is 1. The molecule has 1 aromatic heterocycles. The first kappa shape index (κ1) is 16.7. The molecule has 6 heteroatoms. The van der Waals surface area contributed by atoms with Crippen LogP contribution in [0.25, 0.3) is 5.57 Å². The van der Waals surface area contributed by atoms with Crippen molar-refractivity contribution in [3.63, 3.8) is 0 Å². The number of hydrogen-bond acceptors (Lipinski definition) is 4. The Kier molecular flexibility index (Phi) is 4.45. The molecule has 0 aliphatic carbocycles. The Balaban J connectivity index is 2.05. The lowest BCUT2D eigenvalue weighted by molar-refractivity contribution is 0.550. The van der Waals surface area contributed by atoms with Gasteiger partial charge in [0.25, 0.3) is 0 Å². The highest BCUT2D eigenvalue weighted by molar-refractivity contribution is 6.33. The summed E-state index contributed by atoms with van der Waals surface area (Å²) in [5.41, 5.74) is 4.52. The summed E-state index contributed by atoms with van der Waals surface area (Å²) in [6.45, 7) is 9.82. The predicted octanol–water partition coefficient (Wildman–Crippen LogP) is 4.23. The number of anilines is 1. The van der Waals surface area contributed by atoms with Gasteiger partial charge in [-0.3, -0.25) is 0 Å². The molecule has 0 saturated heterocycles. The minimum atomic E-state index is -0.0193. The smallest absolute Gasteiger partial charge is 0.141 e. The molecular weight excluding hydrogens is 322 g/mol. The quantitative estimate of drug-likeness (QED) is 0.780. The zero-order valence-electron chi connectivity index (χ0n) is 14.5. The van der Waals surface area contributed by atoms with Gasteiger partial charge in [-0.05, 0) is 44.9 Å². The molecule has 1 aromatic carbocycles. The van der Waals surface area contributed by atoms with Crippen molar-refractivity contribution < 1.29 is 0 Å². The van der Waals surface area contributed by atoms with Crippen LogP contribution in [0.4, 0.5) is 5.69 Å². The van der Waals surface area contributed by atoms with Crippen molar-refractivity contribution in [1.82, 2.24) is 14.9 Å². The Morgan fingerprint density at radius 1 is 1.25 bits per heavy atom. The van der Waals surface area contributed by atoms with E-state index in [1.807, 2.05) is 0 Å². The van der Waals surface area contributed by atoms with Gasteiger partial charge >= 0.3 is 0 Å². The highest BCUT2D eigenvalue weighted by atomic mass is 35.5. The third kappa shape index (κ3) is 3.08. The second kappa shape index (κ2) is 6.40. The molecule has 0 radical (unpaired) electrons. The summed E-state index contributed by atoms with van der Waals surface area (Å²) >= 11 is 6.53. The van der Waals surface area contributed by atoms with Crippen molar-refractivity contribution in [3.8, 4) is 0 Å². The van der Waals surface area contributed by atoms with Gasteiger partial charge in [0, 0.05) is 23.4 Å². The van der Waals surface area contributed by atoms with Gasteiger partial charge in [0.05, 0.1) is 16.8 Å². The first-order chi connectivity index (χ1) is 11.4. The van der Waals surface area contributed by atoms with Crippen LogP contribution in [-0.2, 0) is 0 Å². The third-order valence-electron chi connectivity index (χ3n) is 4.28. The van der Waals surface area contributed by atoms with E-state index in [0.717, 1.165) is 18.5 Å². The molecule has 1 aliphatic heterocycles. The summed E-state index contributed by atoms with van der Waals surface area (Å²) < 4.78 is 1.55. The minimum absolute atomic E-state index is 0.0193. The fourth-order valence-electron chi connectivity index (χ4n) is 3.23. The van der Waals surface area contributed by atoms with E-state index in [-0.39, 0.29) is 5.54 Å². The highest BCUT2D eigenvalue weighted by Gasteiger charge is 2.31. The Morgan fingerprint density at radius 3 is 2.62 bits per heavy atom. The van der Waals surface area contributed by atoms with Gasteiger partial charge in [-0.25, -0.2) is 4.68 Å². The van der Waals surface area contributed by atoms with Crippen molar-refractivity contribution in [2.75, 3.05) is 11.4 Å². The molecule has 0 saturated carbocycles. The molecule has 0 fully saturated rings. The molecule has 2 heterocycles. The van der Waals surface area contributed by atoms with Crippen molar-refractivity contribution in [1.29, 1.82) is 0 Å². The van der Waals surface area contributed by atoms with E-state index in [1.165, 1.54) is 16.8 Å². The summed E-state index contributed by atoms with van der Waals surface area (Å²) in [6.07, 6.45) is 8.23. The zero-order valence-corrected chi connectivity index (χ0v) is 15.2. The molecule has 1 aliphatic rings. The number of aromatic nitrogens is 3. The zero-order chi connectivity index (χ0) is 17.3. The summed E-state index contributed by atoms with van der Waals surface area (Å²) in [5.74, 6) is 0. The van der Waals surface area contributed by atoms with Crippen molar-refractivity contribution in [3.05, 3.63) is 47.0 Å². The van der Waals surface area contributed by atoms with E-state index >= 15 is 0 Å². The first-order valence-corrected chi connectivity index (χ1v) is 8.50. The maximum Gasteiger partial charge on any atom is 0.141 e. The number of allylic oxidation sites excluding steroid dienone is 1. The summed E-state index contributed by atoms with van der Waals surface area (Å²) in [5, 5.41) is 12.5. The van der Waals surface area contributed by atoms with Gasteiger partial charge in [-0.1, -0.05) is 24.6 Å². The topological polar surface area (TPSA) is 46.3 Å². The molecule has 3 rings (SSSR count). The van der Waals surface area contributed by atoms with Gasteiger partial charge in [0.1, 0.15) is 12.7 Å². The van der Waals surface area contributed by atoms with Gasteiger partial charge in [-0.15, -0.1) is 10.2 Å². The number of rotatable bonds is 4. The Hall–Kier alpha value is -2.14. The summed E-state index contributed by atoms with van der Waals surface area (Å²) in [4.78, 5) is 2.42. The fourth-order valence-corrected chi connectivity index (χ4v) is 3.44. The second-order valence-corrected chi connectivity index (χ2v) is 7.02. The van der Waals surface area contributed by atoms with Crippen molar-refractivity contribution in [2.24, 2.45) is 5.10 Å². The Labute approximate surface area is 147 Å². The van der Waals surface area contributed by atoms with Crippen LogP contribution in [0, 0.1) is 0 Å². The van der Waals surface area contributed by atoms with Crippen molar-refractivity contribution in [2.45, 2.75) is 39.7 Å². The second-order valence-electron chi connectivity index (χ2n) is 6.61. The van der Waals surface area contributed by atoms with Crippen LogP contribution in [0.1, 0.15) is 45.2 Å². The maximum atomic E-state index is 6.53. The van der Waals surface area contributed by atoms with Gasteiger partial charge < -0.3 is 4.90 Å². The number of nitrogens with zero attached hydrogens (tertiary/aromatic N) is 5. The third-order valence-corrected chi connectivity index (χ3v) is 4.61. The average molecular weight is 344 g/mol. The summed E-state index contributed by atoms with van der Waals surface area (Å²) in [6, 6.07) is 4.16. The maximum absolute atomic E-state index is 6.53. The fraction of sp³-hybridized carbons (Fsp3) is 0.389. The molecule has 2 aromatic rings. The van der Waals surface area contributed by atoms with Crippen molar-refractivity contribution >= 4 is 29.1 Å². The minimum Gasteiger partial charge on any atom is -0.362 e. The van der Waals surface area contributed by atoms with Gasteiger partial charge in [-0.2, -0.15) is 5.10 Å². The first-order valence-electron chi connectivity index (χ1n) is 8.12. The van der Waals surface area contributed by atoms with E-state index in [1.54, 1.807) is 23.5 Å². The largest absolute Gasteiger partial charge is 0.362 e. The van der Waals surface area contributed by atoms with Crippen LogP contribution >= 0.6 is 11.6 Å². The van der Waals surface area contributed by atoms with Crippen LogP contribution in [-0.4, -0.2) is 33.2 Å². The SMILES string of the molecule is CCCN1c2cc(Cl)c(/C=N\n3cnnc3)cc2C(C)=CC1(C)C. The molecule has 0 spiro atoms. The number of halogens is 1. The normalized spacial score (nSPS) is 16.4. The van der Waals surface area contributed by atoms with Crippen LogP contribution in [0.2, 0.25) is 5.02 Å². The van der Waals surface area contributed by atoms with E-state index in [0.29, 0.717) is 5.02 Å². The summed E-state index contributed by atoms with van der Waals surface area (Å²) in [7, 11) is 0. The standard InChI is InChI=1S/C18H22ClN5/c1-5-6-24-17-8-16(19)14(10-22-23-11-20-21-12-23)7-15(17)13(2)9-18(24,3)4/h7-12H,5-6H2,1-4H3/b22-10-.